The van der Waals surface area contributed by atoms with Crippen molar-refractivity contribution < 1.29 is 4.79 Å². The minimum atomic E-state index is -0.0897. The number of carbonyl (C=O) groups is 1. The first kappa shape index (κ1) is 12.7. The van der Waals surface area contributed by atoms with Crippen LogP contribution in [0.2, 0.25) is 0 Å². The zero-order chi connectivity index (χ0) is 11.6. The largest absolute Gasteiger partial charge is 0.336 e. The molecule has 0 saturated carbocycles. The summed E-state index contributed by atoms with van der Waals surface area (Å²) in [5, 5.41) is 0. The number of rotatable bonds is 3. The molecule has 2 nitrogen and oxygen atoms in total. The zero-order valence-electron chi connectivity index (χ0n) is 9.50. The zero-order valence-corrected chi connectivity index (χ0v) is 11.9. The van der Waals surface area contributed by atoms with Gasteiger partial charge in [-0.2, -0.15) is 0 Å². The highest BCUT2D eigenvalue weighted by molar-refractivity contribution is 9.11. The number of amides is 1. The molecule has 1 amide bonds. The summed E-state index contributed by atoms with van der Waals surface area (Å²) in [7, 11) is 1.86. The standard InChI is InChI=1S/C11H16BrNOS/c1-5-11(2,3)13(4)10(14)8-6-7-9(12)15-8/h6-7H,5H2,1-4H3. The van der Waals surface area contributed by atoms with Crippen molar-refractivity contribution in [1.29, 1.82) is 0 Å². The fraction of sp³-hybridized carbons (Fsp3) is 0.545. The Hall–Kier alpha value is -0.350. The van der Waals surface area contributed by atoms with Crippen LogP contribution in [0.3, 0.4) is 0 Å². The summed E-state index contributed by atoms with van der Waals surface area (Å²) in [5.74, 6) is 0.0950. The molecular weight excluding hydrogens is 274 g/mol. The predicted octanol–water partition coefficient (Wildman–Crippen LogP) is 3.77. The Morgan fingerprint density at radius 1 is 1.53 bits per heavy atom. The van der Waals surface area contributed by atoms with Gasteiger partial charge in [-0.05, 0) is 48.3 Å². The van der Waals surface area contributed by atoms with Crippen LogP contribution in [0, 0.1) is 0 Å². The molecule has 1 aromatic rings. The van der Waals surface area contributed by atoms with Crippen molar-refractivity contribution in [3.63, 3.8) is 0 Å². The third-order valence-electron chi connectivity index (χ3n) is 2.86. The van der Waals surface area contributed by atoms with Gasteiger partial charge in [0, 0.05) is 12.6 Å². The van der Waals surface area contributed by atoms with E-state index in [9.17, 15) is 4.79 Å². The highest BCUT2D eigenvalue weighted by Gasteiger charge is 2.27. The Labute approximate surface area is 103 Å². The number of hydrogen-bond donors (Lipinski definition) is 0. The summed E-state index contributed by atoms with van der Waals surface area (Å²) < 4.78 is 0.994. The number of thiophene rings is 1. The number of hydrogen-bond acceptors (Lipinski definition) is 2. The van der Waals surface area contributed by atoms with Gasteiger partial charge in [0.25, 0.3) is 5.91 Å². The average Bonchev–Trinajstić information content (AvgIpc) is 2.62. The lowest BCUT2D eigenvalue weighted by Crippen LogP contribution is -2.44. The summed E-state index contributed by atoms with van der Waals surface area (Å²) in [5.41, 5.74) is -0.0897. The van der Waals surface area contributed by atoms with Gasteiger partial charge in [0.1, 0.15) is 0 Å². The number of halogens is 1. The number of carbonyl (C=O) groups excluding carboxylic acids is 1. The lowest BCUT2D eigenvalue weighted by atomic mass is 10.00. The van der Waals surface area contributed by atoms with Crippen molar-refractivity contribution >= 4 is 33.2 Å². The maximum Gasteiger partial charge on any atom is 0.264 e. The van der Waals surface area contributed by atoms with Gasteiger partial charge in [0.05, 0.1) is 8.66 Å². The fourth-order valence-corrected chi connectivity index (χ4v) is 2.47. The molecule has 0 radical (unpaired) electrons. The molecule has 1 heterocycles. The van der Waals surface area contributed by atoms with Gasteiger partial charge in [-0.25, -0.2) is 0 Å². The highest BCUT2D eigenvalue weighted by atomic mass is 79.9. The molecule has 84 valence electrons. The normalized spacial score (nSPS) is 11.5. The van der Waals surface area contributed by atoms with Crippen molar-refractivity contribution in [2.24, 2.45) is 0 Å². The van der Waals surface area contributed by atoms with E-state index in [0.717, 1.165) is 15.1 Å². The van der Waals surface area contributed by atoms with Crippen molar-refractivity contribution in [2.45, 2.75) is 32.7 Å². The summed E-state index contributed by atoms with van der Waals surface area (Å²) in [6.45, 7) is 6.25. The molecule has 0 fully saturated rings. The Morgan fingerprint density at radius 2 is 2.13 bits per heavy atom. The second kappa shape index (κ2) is 4.66. The smallest absolute Gasteiger partial charge is 0.264 e. The maximum absolute atomic E-state index is 12.1. The van der Waals surface area contributed by atoms with Crippen LogP contribution >= 0.6 is 27.3 Å². The maximum atomic E-state index is 12.1. The second-order valence-corrected chi connectivity index (χ2v) is 6.60. The van der Waals surface area contributed by atoms with Gasteiger partial charge in [-0.1, -0.05) is 6.92 Å². The molecular formula is C11H16BrNOS. The lowest BCUT2D eigenvalue weighted by Gasteiger charge is -2.34. The van der Waals surface area contributed by atoms with Crippen LogP contribution in [-0.4, -0.2) is 23.4 Å². The minimum Gasteiger partial charge on any atom is -0.336 e. The van der Waals surface area contributed by atoms with Gasteiger partial charge in [0.2, 0.25) is 0 Å². The molecule has 0 spiro atoms. The molecule has 0 bridgehead atoms. The molecule has 0 aliphatic rings. The van der Waals surface area contributed by atoms with Crippen molar-refractivity contribution in [1.82, 2.24) is 4.90 Å². The van der Waals surface area contributed by atoms with Crippen LogP contribution in [0.25, 0.3) is 0 Å². The summed E-state index contributed by atoms with van der Waals surface area (Å²) in [6.07, 6.45) is 0.946. The SMILES string of the molecule is CCC(C)(C)N(C)C(=O)c1ccc(Br)s1. The van der Waals surface area contributed by atoms with Gasteiger partial charge in [-0.15, -0.1) is 11.3 Å². The van der Waals surface area contributed by atoms with E-state index in [1.807, 2.05) is 24.1 Å². The van der Waals surface area contributed by atoms with E-state index in [4.69, 9.17) is 0 Å². The van der Waals surface area contributed by atoms with Crippen molar-refractivity contribution in [3.05, 3.63) is 20.8 Å². The van der Waals surface area contributed by atoms with Gasteiger partial charge >= 0.3 is 0 Å². The molecule has 0 N–H and O–H groups in total. The van der Waals surface area contributed by atoms with Crippen LogP contribution in [-0.2, 0) is 0 Å². The number of nitrogens with zero attached hydrogens (tertiary/aromatic N) is 1. The molecule has 0 aliphatic carbocycles. The Kier molecular flexibility index (Phi) is 3.95. The molecule has 1 rings (SSSR count). The minimum absolute atomic E-state index is 0.0897. The van der Waals surface area contributed by atoms with Crippen LogP contribution < -0.4 is 0 Å². The van der Waals surface area contributed by atoms with E-state index in [2.05, 4.69) is 36.7 Å². The molecule has 0 aliphatic heterocycles. The Balaban J connectivity index is 2.86. The summed E-state index contributed by atoms with van der Waals surface area (Å²) in [4.78, 5) is 14.7. The molecule has 15 heavy (non-hydrogen) atoms. The molecule has 0 atom stereocenters. The monoisotopic (exact) mass is 289 g/mol. The second-order valence-electron chi connectivity index (χ2n) is 4.13. The quantitative estimate of drug-likeness (QED) is 0.829. The lowest BCUT2D eigenvalue weighted by molar-refractivity contribution is 0.0625. The molecule has 0 unspecified atom stereocenters. The molecule has 4 heteroatoms. The average molecular weight is 290 g/mol. The first-order chi connectivity index (χ1) is 6.88. The van der Waals surface area contributed by atoms with Gasteiger partial charge in [0.15, 0.2) is 0 Å². The van der Waals surface area contributed by atoms with E-state index in [1.54, 1.807) is 0 Å². The summed E-state index contributed by atoms with van der Waals surface area (Å²) in [6, 6.07) is 3.77. The van der Waals surface area contributed by atoms with E-state index < -0.39 is 0 Å². The van der Waals surface area contributed by atoms with Crippen molar-refractivity contribution in [3.8, 4) is 0 Å². The van der Waals surface area contributed by atoms with E-state index >= 15 is 0 Å². The fourth-order valence-electron chi connectivity index (χ4n) is 1.11. The van der Waals surface area contributed by atoms with Crippen LogP contribution in [0.15, 0.2) is 15.9 Å². The highest BCUT2D eigenvalue weighted by Crippen LogP contribution is 2.26. The van der Waals surface area contributed by atoms with E-state index in [0.29, 0.717) is 0 Å². The van der Waals surface area contributed by atoms with E-state index in [-0.39, 0.29) is 11.4 Å². The van der Waals surface area contributed by atoms with Gasteiger partial charge in [-0.3, -0.25) is 4.79 Å². The molecule has 1 aromatic heterocycles. The van der Waals surface area contributed by atoms with Crippen molar-refractivity contribution in [2.75, 3.05) is 7.05 Å². The van der Waals surface area contributed by atoms with Crippen LogP contribution in [0.4, 0.5) is 0 Å². The van der Waals surface area contributed by atoms with Crippen LogP contribution in [0.1, 0.15) is 36.9 Å². The first-order valence-electron chi connectivity index (χ1n) is 4.92. The third kappa shape index (κ3) is 2.82. The molecule has 0 saturated heterocycles. The summed E-state index contributed by atoms with van der Waals surface area (Å²) >= 11 is 4.84. The molecule has 0 aromatic carbocycles. The van der Waals surface area contributed by atoms with E-state index in [1.165, 1.54) is 11.3 Å². The first-order valence-corrected chi connectivity index (χ1v) is 6.53. The van der Waals surface area contributed by atoms with Gasteiger partial charge < -0.3 is 4.90 Å². The van der Waals surface area contributed by atoms with Crippen LogP contribution in [0.5, 0.6) is 0 Å². The Bertz CT molecular complexity index is 359. The third-order valence-corrected chi connectivity index (χ3v) is 4.47. The Morgan fingerprint density at radius 3 is 2.53 bits per heavy atom. The topological polar surface area (TPSA) is 20.3 Å². The predicted molar refractivity (Wildman–Crippen MR) is 68.5 cm³/mol.